The molecule has 0 saturated heterocycles. The van der Waals surface area contributed by atoms with E-state index in [1.54, 1.807) is 0 Å². The van der Waals surface area contributed by atoms with Gasteiger partial charge >= 0.3 is 0 Å². The van der Waals surface area contributed by atoms with Gasteiger partial charge in [0.2, 0.25) is 0 Å². The molecule has 0 spiro atoms. The van der Waals surface area contributed by atoms with Crippen molar-refractivity contribution >= 4 is 0 Å². The Morgan fingerprint density at radius 3 is 1.55 bits per heavy atom. The first-order valence-corrected chi connectivity index (χ1v) is 4.13. The van der Waals surface area contributed by atoms with Gasteiger partial charge in [0.25, 0.3) is 0 Å². The van der Waals surface area contributed by atoms with Gasteiger partial charge < -0.3 is 0 Å². The number of allylic oxidation sites excluding steroid dienone is 8. The molecule has 1 rings (SSSR count). The van der Waals surface area contributed by atoms with E-state index in [2.05, 4.69) is 48.6 Å². The molecule has 0 aromatic rings. The third kappa shape index (κ3) is 4.38. The van der Waals surface area contributed by atoms with Crippen molar-refractivity contribution in [1.29, 1.82) is 0 Å². The van der Waals surface area contributed by atoms with Crippen LogP contribution in [0.15, 0.2) is 48.6 Å². The predicted molar refractivity (Wildman–Crippen MR) is 50.4 cm³/mol. The molecule has 0 nitrogen and oxygen atoms in total. The van der Waals surface area contributed by atoms with E-state index in [0.29, 0.717) is 0 Å². The molecule has 0 aliphatic heterocycles. The molecule has 0 aromatic heterocycles. The standard InChI is InChI=1S/C11H14/c1-2-4-6-8-10-11-9-7-5-3-1/h1-4,7,9-11H,5-6,8H2. The molecular formula is C11H14. The van der Waals surface area contributed by atoms with Crippen LogP contribution in [0.4, 0.5) is 0 Å². The fourth-order valence-corrected chi connectivity index (χ4v) is 0.935. The number of hydrogen-bond acceptors (Lipinski definition) is 0. The summed E-state index contributed by atoms with van der Waals surface area (Å²) in [5.41, 5.74) is 0. The van der Waals surface area contributed by atoms with Crippen LogP contribution in [-0.2, 0) is 0 Å². The summed E-state index contributed by atoms with van der Waals surface area (Å²) >= 11 is 0. The van der Waals surface area contributed by atoms with Crippen molar-refractivity contribution in [3.8, 4) is 0 Å². The molecule has 0 N–H and O–H groups in total. The molecule has 58 valence electrons. The van der Waals surface area contributed by atoms with Crippen molar-refractivity contribution in [2.75, 3.05) is 0 Å². The SMILES string of the molecule is C1=CCC=CC=CCCC=C1. The molecule has 0 unspecified atom stereocenters. The Hall–Kier alpha value is -1.04. The fraction of sp³-hybridized carbons (Fsp3) is 0.273. The molecule has 11 heavy (non-hydrogen) atoms. The Bertz CT molecular complexity index is 170. The van der Waals surface area contributed by atoms with Crippen LogP contribution in [-0.4, -0.2) is 0 Å². The summed E-state index contributed by atoms with van der Waals surface area (Å²) in [6, 6.07) is 0. The van der Waals surface area contributed by atoms with Gasteiger partial charge in [-0.25, -0.2) is 0 Å². The van der Waals surface area contributed by atoms with Crippen molar-refractivity contribution in [3.63, 3.8) is 0 Å². The van der Waals surface area contributed by atoms with Crippen molar-refractivity contribution < 1.29 is 0 Å². The second-order valence-corrected chi connectivity index (χ2v) is 2.53. The Morgan fingerprint density at radius 2 is 1.00 bits per heavy atom. The van der Waals surface area contributed by atoms with Gasteiger partial charge in [-0.3, -0.25) is 0 Å². The molecule has 0 radical (unpaired) electrons. The lowest BCUT2D eigenvalue weighted by Gasteiger charge is -1.82. The van der Waals surface area contributed by atoms with E-state index in [4.69, 9.17) is 0 Å². The van der Waals surface area contributed by atoms with Gasteiger partial charge in [-0.15, -0.1) is 0 Å². The van der Waals surface area contributed by atoms with Crippen LogP contribution in [0.2, 0.25) is 0 Å². The van der Waals surface area contributed by atoms with Gasteiger partial charge in [0.05, 0.1) is 0 Å². The first-order chi connectivity index (χ1) is 5.50. The van der Waals surface area contributed by atoms with Crippen LogP contribution in [0.25, 0.3) is 0 Å². The van der Waals surface area contributed by atoms with Crippen molar-refractivity contribution in [2.45, 2.75) is 19.3 Å². The smallest absolute Gasteiger partial charge is 0.0163 e. The topological polar surface area (TPSA) is 0 Å². The van der Waals surface area contributed by atoms with Crippen LogP contribution in [0.5, 0.6) is 0 Å². The lowest BCUT2D eigenvalue weighted by atomic mass is 10.2. The molecule has 0 heterocycles. The molecule has 1 aliphatic rings. The summed E-state index contributed by atoms with van der Waals surface area (Å²) in [5, 5.41) is 0. The second kappa shape index (κ2) is 5.72. The minimum Gasteiger partial charge on any atom is -0.0842 e. The van der Waals surface area contributed by atoms with E-state index in [1.807, 2.05) is 0 Å². The highest BCUT2D eigenvalue weighted by atomic mass is 13.8. The maximum atomic E-state index is 2.20. The molecule has 1 aliphatic carbocycles. The first kappa shape index (κ1) is 8.06. The van der Waals surface area contributed by atoms with E-state index in [-0.39, 0.29) is 0 Å². The Kier molecular flexibility index (Phi) is 4.19. The lowest BCUT2D eigenvalue weighted by molar-refractivity contribution is 1.05. The molecule has 0 heteroatoms. The zero-order valence-electron chi connectivity index (χ0n) is 6.74. The molecule has 0 aromatic carbocycles. The highest BCUT2D eigenvalue weighted by Crippen LogP contribution is 1.96. The predicted octanol–water partition coefficient (Wildman–Crippen LogP) is 3.40. The minimum atomic E-state index is 1.04. The monoisotopic (exact) mass is 146 g/mol. The molecule has 0 amide bonds. The highest BCUT2D eigenvalue weighted by molar-refractivity contribution is 5.10. The first-order valence-electron chi connectivity index (χ1n) is 4.13. The summed E-state index contributed by atoms with van der Waals surface area (Å²) in [5.74, 6) is 0. The number of rotatable bonds is 0. The Labute approximate surface area is 68.6 Å². The van der Waals surface area contributed by atoms with Gasteiger partial charge in [-0.1, -0.05) is 48.6 Å². The summed E-state index contributed by atoms with van der Waals surface area (Å²) in [6.45, 7) is 0. The largest absolute Gasteiger partial charge is 0.0842 e. The fourth-order valence-electron chi connectivity index (χ4n) is 0.935. The average molecular weight is 146 g/mol. The normalized spacial score (nSPS) is 18.2. The summed E-state index contributed by atoms with van der Waals surface area (Å²) in [6.07, 6.45) is 20.5. The minimum absolute atomic E-state index is 1.04. The molecule has 0 atom stereocenters. The maximum Gasteiger partial charge on any atom is -0.0163 e. The summed E-state index contributed by atoms with van der Waals surface area (Å²) in [7, 11) is 0. The van der Waals surface area contributed by atoms with Gasteiger partial charge in [-0.05, 0) is 19.3 Å². The summed E-state index contributed by atoms with van der Waals surface area (Å²) in [4.78, 5) is 0. The summed E-state index contributed by atoms with van der Waals surface area (Å²) < 4.78 is 0. The highest BCUT2D eigenvalue weighted by Gasteiger charge is 1.76. The number of hydrogen-bond donors (Lipinski definition) is 0. The second-order valence-electron chi connectivity index (χ2n) is 2.53. The van der Waals surface area contributed by atoms with Gasteiger partial charge in [-0.2, -0.15) is 0 Å². The molecular weight excluding hydrogens is 132 g/mol. The van der Waals surface area contributed by atoms with Crippen molar-refractivity contribution in [1.82, 2.24) is 0 Å². The molecule has 0 saturated carbocycles. The van der Waals surface area contributed by atoms with Crippen LogP contribution < -0.4 is 0 Å². The average Bonchev–Trinajstić information content (AvgIpc) is 2.08. The van der Waals surface area contributed by atoms with Crippen molar-refractivity contribution in [3.05, 3.63) is 48.6 Å². The zero-order chi connectivity index (χ0) is 7.78. The van der Waals surface area contributed by atoms with Crippen LogP contribution in [0.3, 0.4) is 0 Å². The van der Waals surface area contributed by atoms with E-state index < -0.39 is 0 Å². The Morgan fingerprint density at radius 1 is 0.545 bits per heavy atom. The van der Waals surface area contributed by atoms with Gasteiger partial charge in [0.15, 0.2) is 0 Å². The van der Waals surface area contributed by atoms with Gasteiger partial charge in [0, 0.05) is 0 Å². The third-order valence-electron chi connectivity index (χ3n) is 1.54. The van der Waals surface area contributed by atoms with Crippen LogP contribution in [0, 0.1) is 0 Å². The van der Waals surface area contributed by atoms with Crippen LogP contribution >= 0.6 is 0 Å². The van der Waals surface area contributed by atoms with Crippen LogP contribution in [0.1, 0.15) is 19.3 Å². The Balaban J connectivity index is 2.47. The molecule has 0 fully saturated rings. The lowest BCUT2D eigenvalue weighted by Crippen LogP contribution is -1.61. The maximum absolute atomic E-state index is 2.20. The van der Waals surface area contributed by atoms with Crippen molar-refractivity contribution in [2.24, 2.45) is 0 Å². The zero-order valence-corrected chi connectivity index (χ0v) is 6.74. The van der Waals surface area contributed by atoms with E-state index in [1.165, 1.54) is 0 Å². The third-order valence-corrected chi connectivity index (χ3v) is 1.54. The quantitative estimate of drug-likeness (QED) is 0.491. The van der Waals surface area contributed by atoms with E-state index in [9.17, 15) is 0 Å². The van der Waals surface area contributed by atoms with Gasteiger partial charge in [0.1, 0.15) is 0 Å². The molecule has 0 bridgehead atoms. The van der Waals surface area contributed by atoms with E-state index in [0.717, 1.165) is 19.3 Å². The van der Waals surface area contributed by atoms with E-state index >= 15 is 0 Å².